The molecular formula is C17H18BrNO2. The van der Waals surface area contributed by atoms with E-state index >= 15 is 0 Å². The summed E-state index contributed by atoms with van der Waals surface area (Å²) in [6.45, 7) is 3.80. The fourth-order valence-electron chi connectivity index (χ4n) is 1.96. The summed E-state index contributed by atoms with van der Waals surface area (Å²) in [6.07, 6.45) is 0.314. The smallest absolute Gasteiger partial charge is 0.265 e. The average molecular weight is 348 g/mol. The molecule has 1 amide bonds. The zero-order chi connectivity index (χ0) is 15.2. The minimum atomic E-state index is -0.559. The number of para-hydroxylation sites is 1. The molecular weight excluding hydrogens is 330 g/mol. The normalized spacial score (nSPS) is 11.8. The number of carbonyl (C=O) groups is 1. The lowest BCUT2D eigenvalue weighted by molar-refractivity contribution is -0.122. The van der Waals surface area contributed by atoms with Crippen LogP contribution in [0.3, 0.4) is 0 Å². The van der Waals surface area contributed by atoms with Gasteiger partial charge in [0.25, 0.3) is 5.91 Å². The Labute approximate surface area is 133 Å². The summed E-state index contributed by atoms with van der Waals surface area (Å²) in [5.41, 5.74) is 1.96. The lowest BCUT2D eigenvalue weighted by atomic mass is 10.1. The summed E-state index contributed by atoms with van der Waals surface area (Å²) in [4.78, 5) is 12.2. The molecule has 0 aliphatic heterocycles. The molecule has 2 rings (SSSR count). The maximum Gasteiger partial charge on any atom is 0.265 e. The molecule has 3 nitrogen and oxygen atoms in total. The van der Waals surface area contributed by atoms with E-state index in [1.807, 2.05) is 48.5 Å². The Hall–Kier alpha value is -1.81. The molecule has 0 fully saturated rings. The van der Waals surface area contributed by atoms with Crippen LogP contribution in [0.1, 0.15) is 19.4 Å². The summed E-state index contributed by atoms with van der Waals surface area (Å²) < 4.78 is 6.62. The fourth-order valence-corrected chi connectivity index (χ4v) is 2.22. The highest BCUT2D eigenvalue weighted by atomic mass is 79.9. The van der Waals surface area contributed by atoms with E-state index < -0.39 is 6.10 Å². The van der Waals surface area contributed by atoms with E-state index in [1.54, 1.807) is 6.92 Å². The van der Waals surface area contributed by atoms with E-state index in [4.69, 9.17) is 4.74 Å². The molecule has 0 spiro atoms. The van der Waals surface area contributed by atoms with Crippen molar-refractivity contribution in [3.63, 3.8) is 0 Å². The fraction of sp³-hybridized carbons (Fsp3) is 0.235. The van der Waals surface area contributed by atoms with Crippen molar-refractivity contribution in [2.75, 3.05) is 5.32 Å². The van der Waals surface area contributed by atoms with Crippen molar-refractivity contribution < 1.29 is 9.53 Å². The zero-order valence-corrected chi connectivity index (χ0v) is 13.7. The molecule has 2 aromatic rings. The number of ether oxygens (including phenoxy) is 1. The number of hydrogen-bond acceptors (Lipinski definition) is 2. The SMILES string of the molecule is CCc1ccccc1NC(=O)[C@@H](C)Oc1ccc(Br)cc1. The Kier molecular flexibility index (Phi) is 5.39. The van der Waals surface area contributed by atoms with E-state index in [1.165, 1.54) is 0 Å². The van der Waals surface area contributed by atoms with Crippen molar-refractivity contribution in [2.45, 2.75) is 26.4 Å². The summed E-state index contributed by atoms with van der Waals surface area (Å²) >= 11 is 3.37. The van der Waals surface area contributed by atoms with Crippen LogP contribution in [0.25, 0.3) is 0 Å². The third kappa shape index (κ3) is 4.33. The Morgan fingerprint density at radius 2 is 1.86 bits per heavy atom. The van der Waals surface area contributed by atoms with E-state index in [0.717, 1.165) is 22.1 Å². The zero-order valence-electron chi connectivity index (χ0n) is 12.1. The maximum absolute atomic E-state index is 12.2. The first-order valence-electron chi connectivity index (χ1n) is 6.91. The van der Waals surface area contributed by atoms with Gasteiger partial charge in [0.15, 0.2) is 6.10 Å². The minimum Gasteiger partial charge on any atom is -0.481 e. The number of hydrogen-bond donors (Lipinski definition) is 1. The van der Waals surface area contributed by atoms with Gasteiger partial charge in [-0.05, 0) is 49.2 Å². The molecule has 0 unspecified atom stereocenters. The van der Waals surface area contributed by atoms with Crippen LogP contribution in [-0.4, -0.2) is 12.0 Å². The van der Waals surface area contributed by atoms with Gasteiger partial charge in [0.1, 0.15) is 5.75 Å². The summed E-state index contributed by atoms with van der Waals surface area (Å²) in [7, 11) is 0. The highest BCUT2D eigenvalue weighted by molar-refractivity contribution is 9.10. The molecule has 2 aromatic carbocycles. The summed E-state index contributed by atoms with van der Waals surface area (Å²) in [5.74, 6) is 0.517. The predicted molar refractivity (Wildman–Crippen MR) is 88.7 cm³/mol. The van der Waals surface area contributed by atoms with E-state index in [2.05, 4.69) is 28.2 Å². The first kappa shape index (κ1) is 15.6. The number of carbonyl (C=O) groups excluding carboxylic acids is 1. The number of halogens is 1. The second kappa shape index (κ2) is 7.27. The summed E-state index contributed by atoms with van der Waals surface area (Å²) in [6, 6.07) is 15.2. The van der Waals surface area contributed by atoms with Gasteiger partial charge in [-0.2, -0.15) is 0 Å². The molecule has 110 valence electrons. The predicted octanol–water partition coefficient (Wildman–Crippen LogP) is 4.42. The highest BCUT2D eigenvalue weighted by Crippen LogP contribution is 2.19. The number of benzene rings is 2. The third-order valence-corrected chi connectivity index (χ3v) is 3.68. The van der Waals surface area contributed by atoms with Crippen molar-refractivity contribution in [1.82, 2.24) is 0 Å². The van der Waals surface area contributed by atoms with Gasteiger partial charge in [0.2, 0.25) is 0 Å². The van der Waals surface area contributed by atoms with Crippen LogP contribution < -0.4 is 10.1 Å². The molecule has 4 heteroatoms. The molecule has 1 N–H and O–H groups in total. The molecule has 0 saturated carbocycles. The largest absolute Gasteiger partial charge is 0.481 e. The van der Waals surface area contributed by atoms with Crippen molar-refractivity contribution >= 4 is 27.5 Å². The molecule has 0 radical (unpaired) electrons. The lowest BCUT2D eigenvalue weighted by Crippen LogP contribution is -2.30. The Morgan fingerprint density at radius 1 is 1.19 bits per heavy atom. The van der Waals surface area contributed by atoms with E-state index in [9.17, 15) is 4.79 Å². The standard InChI is InChI=1S/C17H18BrNO2/c1-3-13-6-4-5-7-16(13)19-17(20)12(2)21-15-10-8-14(18)9-11-15/h4-12H,3H2,1-2H3,(H,19,20)/t12-/m1/s1. The van der Waals surface area contributed by atoms with Gasteiger partial charge in [-0.25, -0.2) is 0 Å². The number of amides is 1. The van der Waals surface area contributed by atoms with Crippen molar-refractivity contribution in [1.29, 1.82) is 0 Å². The molecule has 0 aromatic heterocycles. The van der Waals surface area contributed by atoms with Gasteiger partial charge in [0, 0.05) is 10.2 Å². The third-order valence-electron chi connectivity index (χ3n) is 3.15. The number of anilines is 1. The van der Waals surface area contributed by atoms with Gasteiger partial charge in [-0.1, -0.05) is 41.1 Å². The van der Waals surface area contributed by atoms with Gasteiger partial charge in [-0.15, -0.1) is 0 Å². The highest BCUT2D eigenvalue weighted by Gasteiger charge is 2.15. The molecule has 0 bridgehead atoms. The lowest BCUT2D eigenvalue weighted by Gasteiger charge is -2.16. The topological polar surface area (TPSA) is 38.3 Å². The number of rotatable bonds is 5. The Bertz CT molecular complexity index is 610. The molecule has 0 saturated heterocycles. The number of aryl methyl sites for hydroxylation is 1. The summed E-state index contributed by atoms with van der Waals surface area (Å²) in [5, 5.41) is 2.92. The first-order chi connectivity index (χ1) is 10.1. The second-order valence-electron chi connectivity index (χ2n) is 4.71. The van der Waals surface area contributed by atoms with Gasteiger partial charge >= 0.3 is 0 Å². The maximum atomic E-state index is 12.2. The van der Waals surface area contributed by atoms with Crippen LogP contribution in [-0.2, 0) is 11.2 Å². The Morgan fingerprint density at radius 3 is 2.52 bits per heavy atom. The molecule has 0 aliphatic carbocycles. The van der Waals surface area contributed by atoms with E-state index in [-0.39, 0.29) is 5.91 Å². The van der Waals surface area contributed by atoms with Crippen molar-refractivity contribution in [3.8, 4) is 5.75 Å². The van der Waals surface area contributed by atoms with Crippen molar-refractivity contribution in [3.05, 3.63) is 58.6 Å². The first-order valence-corrected chi connectivity index (χ1v) is 7.70. The van der Waals surface area contributed by atoms with Crippen LogP contribution >= 0.6 is 15.9 Å². The molecule has 0 heterocycles. The van der Waals surface area contributed by atoms with Crippen molar-refractivity contribution in [2.24, 2.45) is 0 Å². The van der Waals surface area contributed by atoms with Crippen LogP contribution in [0.5, 0.6) is 5.75 Å². The second-order valence-corrected chi connectivity index (χ2v) is 5.63. The molecule has 21 heavy (non-hydrogen) atoms. The van der Waals surface area contributed by atoms with Gasteiger partial charge in [-0.3, -0.25) is 4.79 Å². The van der Waals surface area contributed by atoms with Gasteiger partial charge < -0.3 is 10.1 Å². The average Bonchev–Trinajstić information content (AvgIpc) is 2.50. The number of nitrogens with one attached hydrogen (secondary N) is 1. The van der Waals surface area contributed by atoms with Crippen LogP contribution in [0.4, 0.5) is 5.69 Å². The van der Waals surface area contributed by atoms with E-state index in [0.29, 0.717) is 5.75 Å². The quantitative estimate of drug-likeness (QED) is 0.869. The minimum absolute atomic E-state index is 0.154. The Balaban J connectivity index is 2.01. The molecule has 1 atom stereocenters. The van der Waals surface area contributed by atoms with Crippen LogP contribution in [0.2, 0.25) is 0 Å². The molecule has 0 aliphatic rings. The van der Waals surface area contributed by atoms with Crippen LogP contribution in [0.15, 0.2) is 53.0 Å². The van der Waals surface area contributed by atoms with Crippen LogP contribution in [0, 0.1) is 0 Å². The van der Waals surface area contributed by atoms with Gasteiger partial charge in [0.05, 0.1) is 0 Å². The monoisotopic (exact) mass is 347 g/mol.